The molecular weight excluding hydrogens is 997 g/mol. The van der Waals surface area contributed by atoms with Gasteiger partial charge in [0.15, 0.2) is 6.10 Å². The van der Waals surface area contributed by atoms with Crippen molar-refractivity contribution in [3.63, 3.8) is 0 Å². The van der Waals surface area contributed by atoms with Crippen LogP contribution in [-0.2, 0) is 28.6 Å². The summed E-state index contributed by atoms with van der Waals surface area (Å²) in [6.07, 6.45) is 91.8. The van der Waals surface area contributed by atoms with Crippen molar-refractivity contribution >= 4 is 17.9 Å². The SMILES string of the molecule is CC/C=C\C/C=C\C/C=C\C/C=C\C/C=C\CCCCCCCCCCCCCCCCCC(=O)OCC(COC(=O)CCCCCCCCCCCCC)OC(=O)CCCCCCCCCCC/C=C\C/C=C\CCCCCCC. The molecule has 0 fully saturated rings. The molecule has 0 heterocycles. The van der Waals surface area contributed by atoms with Gasteiger partial charge in [-0.3, -0.25) is 14.4 Å². The number of carbonyl (C=O) groups excluding carboxylic acids is 3. The van der Waals surface area contributed by atoms with Gasteiger partial charge in [-0.05, 0) is 96.3 Å². The van der Waals surface area contributed by atoms with Crippen molar-refractivity contribution in [2.24, 2.45) is 0 Å². The summed E-state index contributed by atoms with van der Waals surface area (Å²) in [7, 11) is 0. The van der Waals surface area contributed by atoms with Crippen LogP contribution in [0.5, 0.6) is 0 Å². The molecule has 468 valence electrons. The lowest BCUT2D eigenvalue weighted by molar-refractivity contribution is -0.167. The van der Waals surface area contributed by atoms with E-state index in [2.05, 4.69) is 106 Å². The van der Waals surface area contributed by atoms with Gasteiger partial charge in [0.25, 0.3) is 0 Å². The average molecular weight is 1130 g/mol. The normalized spacial score (nSPS) is 12.6. The minimum Gasteiger partial charge on any atom is -0.462 e. The third kappa shape index (κ3) is 67.3. The Labute approximate surface area is 503 Å². The fraction of sp³-hybridized carbons (Fsp3) is 0.773. The van der Waals surface area contributed by atoms with Crippen molar-refractivity contribution in [3.05, 3.63) is 85.1 Å². The first kappa shape index (κ1) is 77.6. The molecule has 81 heavy (non-hydrogen) atoms. The Bertz CT molecular complexity index is 1530. The van der Waals surface area contributed by atoms with E-state index in [1.807, 2.05) is 0 Å². The maximum Gasteiger partial charge on any atom is 0.306 e. The zero-order valence-corrected chi connectivity index (χ0v) is 53.8. The smallest absolute Gasteiger partial charge is 0.306 e. The summed E-state index contributed by atoms with van der Waals surface area (Å²) in [5, 5.41) is 0. The summed E-state index contributed by atoms with van der Waals surface area (Å²) in [5.41, 5.74) is 0. The number of ether oxygens (including phenoxy) is 3. The zero-order valence-electron chi connectivity index (χ0n) is 53.8. The maximum absolute atomic E-state index is 12.9. The number of hydrogen-bond acceptors (Lipinski definition) is 6. The zero-order chi connectivity index (χ0) is 58.5. The molecule has 0 aromatic rings. The van der Waals surface area contributed by atoms with Gasteiger partial charge in [-0.25, -0.2) is 0 Å². The van der Waals surface area contributed by atoms with Gasteiger partial charge in [-0.15, -0.1) is 0 Å². The van der Waals surface area contributed by atoms with Crippen LogP contribution >= 0.6 is 0 Å². The van der Waals surface area contributed by atoms with E-state index in [1.54, 1.807) is 0 Å². The molecule has 0 aliphatic heterocycles. The predicted octanol–water partition coefficient (Wildman–Crippen LogP) is 24.2. The Balaban J connectivity index is 4.18. The topological polar surface area (TPSA) is 78.9 Å². The lowest BCUT2D eigenvalue weighted by Crippen LogP contribution is -2.30. The lowest BCUT2D eigenvalue weighted by Gasteiger charge is -2.18. The van der Waals surface area contributed by atoms with Gasteiger partial charge in [0.05, 0.1) is 0 Å². The second-order valence-electron chi connectivity index (χ2n) is 23.4. The van der Waals surface area contributed by atoms with Gasteiger partial charge in [0.1, 0.15) is 13.2 Å². The number of hydrogen-bond donors (Lipinski definition) is 0. The van der Waals surface area contributed by atoms with Gasteiger partial charge in [0, 0.05) is 19.3 Å². The summed E-state index contributed by atoms with van der Waals surface area (Å²) in [5.74, 6) is -0.860. The average Bonchev–Trinajstić information content (AvgIpc) is 3.47. The minimum atomic E-state index is -0.777. The molecule has 0 N–H and O–H groups in total. The van der Waals surface area contributed by atoms with Crippen LogP contribution in [-0.4, -0.2) is 37.2 Å². The number of allylic oxidation sites excluding steroid dienone is 14. The largest absolute Gasteiger partial charge is 0.462 e. The second kappa shape index (κ2) is 69.1. The predicted molar refractivity (Wildman–Crippen MR) is 353 cm³/mol. The molecule has 0 rings (SSSR count). The molecule has 0 spiro atoms. The Hall–Kier alpha value is -3.41. The number of unbranched alkanes of at least 4 members (excludes halogenated alkanes) is 39. The van der Waals surface area contributed by atoms with Crippen molar-refractivity contribution in [2.45, 2.75) is 361 Å². The lowest BCUT2D eigenvalue weighted by atomic mass is 10.0. The van der Waals surface area contributed by atoms with Crippen LogP contribution in [0, 0.1) is 0 Å². The third-order valence-electron chi connectivity index (χ3n) is 15.4. The summed E-state index contributed by atoms with van der Waals surface area (Å²) in [6.45, 7) is 6.55. The summed E-state index contributed by atoms with van der Waals surface area (Å²) >= 11 is 0. The molecule has 0 radical (unpaired) electrons. The van der Waals surface area contributed by atoms with Crippen molar-refractivity contribution < 1.29 is 28.6 Å². The van der Waals surface area contributed by atoms with Crippen LogP contribution in [0.25, 0.3) is 0 Å². The fourth-order valence-electron chi connectivity index (χ4n) is 10.2. The molecule has 6 nitrogen and oxygen atoms in total. The Kier molecular flexibility index (Phi) is 66.2. The molecule has 0 aliphatic carbocycles. The van der Waals surface area contributed by atoms with E-state index in [9.17, 15) is 14.4 Å². The Morgan fingerprint density at radius 1 is 0.259 bits per heavy atom. The molecule has 6 heteroatoms. The van der Waals surface area contributed by atoms with Crippen molar-refractivity contribution in [2.75, 3.05) is 13.2 Å². The molecule has 0 saturated carbocycles. The van der Waals surface area contributed by atoms with Gasteiger partial charge >= 0.3 is 17.9 Å². The molecule has 1 unspecified atom stereocenters. The monoisotopic (exact) mass is 1130 g/mol. The van der Waals surface area contributed by atoms with E-state index < -0.39 is 6.10 Å². The Morgan fingerprint density at radius 2 is 0.481 bits per heavy atom. The molecule has 0 aromatic carbocycles. The molecule has 1 atom stereocenters. The van der Waals surface area contributed by atoms with Crippen LogP contribution < -0.4 is 0 Å². The summed E-state index contributed by atoms with van der Waals surface area (Å²) < 4.78 is 17.0. The van der Waals surface area contributed by atoms with Gasteiger partial charge in [-0.2, -0.15) is 0 Å². The first-order chi connectivity index (χ1) is 40.0. The van der Waals surface area contributed by atoms with E-state index in [1.165, 1.54) is 218 Å². The highest BCUT2D eigenvalue weighted by atomic mass is 16.6. The molecule has 0 bridgehead atoms. The standard InChI is InChI=1S/C75H132O6/c1-4-7-10-13-16-19-22-24-26-28-30-32-33-34-35-36-37-38-39-40-41-43-44-46-48-50-53-56-59-62-65-68-74(77)80-71-72(70-79-73(76)67-64-61-58-55-52-21-18-15-12-9-6-3)81-75(78)69-66-63-60-57-54-51-49-47-45-42-31-29-27-25-23-20-17-14-11-8-5-2/h7,10,16,19,23-26,29-32,34-35,72H,4-6,8-9,11-15,17-18,20-22,27-28,33,36-71H2,1-3H3/b10-7-,19-16-,25-23-,26-24-,31-29-,32-30-,35-34-. The molecular formula is C75H132O6. The first-order valence-corrected chi connectivity index (χ1v) is 35.1. The highest BCUT2D eigenvalue weighted by molar-refractivity contribution is 5.71. The third-order valence-corrected chi connectivity index (χ3v) is 15.4. The van der Waals surface area contributed by atoms with Crippen LogP contribution in [0.1, 0.15) is 355 Å². The number of rotatable bonds is 64. The van der Waals surface area contributed by atoms with Crippen LogP contribution in [0.15, 0.2) is 85.1 Å². The van der Waals surface area contributed by atoms with Gasteiger partial charge in [0.2, 0.25) is 0 Å². The quantitative estimate of drug-likeness (QED) is 0.0261. The number of carbonyl (C=O) groups is 3. The van der Waals surface area contributed by atoms with Gasteiger partial charge in [-0.1, -0.05) is 324 Å². The van der Waals surface area contributed by atoms with E-state index in [4.69, 9.17) is 14.2 Å². The second-order valence-corrected chi connectivity index (χ2v) is 23.4. The highest BCUT2D eigenvalue weighted by Gasteiger charge is 2.19. The van der Waals surface area contributed by atoms with Crippen LogP contribution in [0.3, 0.4) is 0 Å². The maximum atomic E-state index is 12.9. The van der Waals surface area contributed by atoms with E-state index in [0.29, 0.717) is 19.3 Å². The van der Waals surface area contributed by atoms with Crippen LogP contribution in [0.2, 0.25) is 0 Å². The molecule has 0 saturated heterocycles. The summed E-state index contributed by atoms with van der Waals surface area (Å²) in [4.78, 5) is 38.4. The fourth-order valence-corrected chi connectivity index (χ4v) is 10.2. The van der Waals surface area contributed by atoms with Crippen molar-refractivity contribution in [1.29, 1.82) is 0 Å². The molecule has 0 amide bonds. The molecule has 0 aromatic heterocycles. The van der Waals surface area contributed by atoms with Crippen molar-refractivity contribution in [3.8, 4) is 0 Å². The molecule has 0 aliphatic rings. The number of esters is 3. The van der Waals surface area contributed by atoms with Gasteiger partial charge < -0.3 is 14.2 Å². The van der Waals surface area contributed by atoms with E-state index in [-0.39, 0.29) is 31.1 Å². The highest BCUT2D eigenvalue weighted by Crippen LogP contribution is 2.17. The first-order valence-electron chi connectivity index (χ1n) is 35.1. The van der Waals surface area contributed by atoms with Crippen LogP contribution in [0.4, 0.5) is 0 Å². The minimum absolute atomic E-state index is 0.0731. The Morgan fingerprint density at radius 3 is 0.753 bits per heavy atom. The van der Waals surface area contributed by atoms with E-state index in [0.717, 1.165) is 96.3 Å². The van der Waals surface area contributed by atoms with E-state index >= 15 is 0 Å². The summed E-state index contributed by atoms with van der Waals surface area (Å²) in [6, 6.07) is 0. The van der Waals surface area contributed by atoms with Crippen molar-refractivity contribution in [1.82, 2.24) is 0 Å².